The zero-order valence-electron chi connectivity index (χ0n) is 11.0. The first-order valence-electron chi connectivity index (χ1n) is 6.00. The average Bonchev–Trinajstić information content (AvgIpc) is 2.87. The lowest BCUT2D eigenvalue weighted by atomic mass is 10.2. The first-order chi connectivity index (χ1) is 9.74. The number of carbonyl (C=O) groups excluding carboxylic acids is 1. The molecule has 0 bridgehead atoms. The maximum absolute atomic E-state index is 12.5. The van der Waals surface area contributed by atoms with Gasteiger partial charge in [-0.1, -0.05) is 27.5 Å². The van der Waals surface area contributed by atoms with Crippen LogP contribution in [0.3, 0.4) is 0 Å². The molecule has 0 spiro atoms. The third kappa shape index (κ3) is 3.71. The average molecular weight is 417 g/mol. The highest BCUT2D eigenvalue weighted by molar-refractivity contribution is 9.10. The fraction of sp³-hybridized carbons (Fsp3) is 0.417. The van der Waals surface area contributed by atoms with Crippen LogP contribution in [0.4, 0.5) is 0 Å². The van der Waals surface area contributed by atoms with E-state index in [1.165, 1.54) is 12.1 Å². The summed E-state index contributed by atoms with van der Waals surface area (Å²) in [6.45, 7) is 0.976. The monoisotopic (exact) mass is 415 g/mol. The van der Waals surface area contributed by atoms with Crippen molar-refractivity contribution < 1.29 is 17.9 Å². The number of halogens is 3. The van der Waals surface area contributed by atoms with Crippen LogP contribution < -0.4 is 0 Å². The molecule has 0 aromatic heterocycles. The molecule has 1 fully saturated rings. The number of hydrogen-bond acceptors (Lipinski definition) is 4. The second-order valence-corrected chi connectivity index (χ2v) is 8.43. The highest BCUT2D eigenvalue weighted by Crippen LogP contribution is 2.33. The van der Waals surface area contributed by atoms with Gasteiger partial charge in [-0.05, 0) is 18.6 Å². The fourth-order valence-electron chi connectivity index (χ4n) is 2.17. The maximum Gasteiger partial charge on any atom is 0.262 e. The molecule has 0 N–H and O–H groups in total. The summed E-state index contributed by atoms with van der Waals surface area (Å²) < 4.78 is 28.7. The lowest BCUT2D eigenvalue weighted by Crippen LogP contribution is -2.30. The van der Waals surface area contributed by atoms with E-state index in [4.69, 9.17) is 27.0 Å². The Balaban J connectivity index is 2.41. The second-order valence-electron chi connectivity index (χ2n) is 4.60. The molecule has 1 aliphatic heterocycles. The minimum atomic E-state index is -4.04. The number of methoxy groups -OCH3 is 1. The Morgan fingerprint density at radius 2 is 2.14 bits per heavy atom. The Hall–Kier alpha value is -0.340. The summed E-state index contributed by atoms with van der Waals surface area (Å²) in [4.78, 5) is 13.8. The van der Waals surface area contributed by atoms with Crippen molar-refractivity contribution in [3.8, 4) is 0 Å². The molecule has 0 aliphatic carbocycles. The lowest BCUT2D eigenvalue weighted by Gasteiger charge is -2.18. The molecule has 1 unspecified atom stereocenters. The van der Waals surface area contributed by atoms with Crippen LogP contribution >= 0.6 is 38.2 Å². The third-order valence-electron chi connectivity index (χ3n) is 3.26. The number of amides is 1. The van der Waals surface area contributed by atoms with Gasteiger partial charge in [0.2, 0.25) is 0 Å². The van der Waals surface area contributed by atoms with E-state index in [1.807, 2.05) is 0 Å². The largest absolute Gasteiger partial charge is 0.380 e. The predicted octanol–water partition coefficient (Wildman–Crippen LogP) is 2.89. The summed E-state index contributed by atoms with van der Waals surface area (Å²) in [6.07, 6.45) is 0.713. The summed E-state index contributed by atoms with van der Waals surface area (Å²) in [6, 6.07) is 2.75. The molecule has 1 atom stereocenters. The van der Waals surface area contributed by atoms with Crippen LogP contribution in [0.5, 0.6) is 0 Å². The number of rotatable bonds is 3. The topological polar surface area (TPSA) is 63.7 Å². The third-order valence-corrected chi connectivity index (χ3v) is 5.59. The van der Waals surface area contributed by atoms with Crippen molar-refractivity contribution in [1.29, 1.82) is 0 Å². The van der Waals surface area contributed by atoms with E-state index >= 15 is 0 Å². The normalized spacial score (nSPS) is 19.0. The van der Waals surface area contributed by atoms with Crippen molar-refractivity contribution in [1.82, 2.24) is 4.90 Å². The van der Waals surface area contributed by atoms with Crippen molar-refractivity contribution in [3.63, 3.8) is 0 Å². The fourth-order valence-corrected chi connectivity index (χ4v) is 4.35. The van der Waals surface area contributed by atoms with E-state index in [-0.39, 0.29) is 27.5 Å². The van der Waals surface area contributed by atoms with Crippen LogP contribution in [-0.2, 0) is 13.8 Å². The van der Waals surface area contributed by atoms with E-state index in [9.17, 15) is 13.2 Å². The Labute approximate surface area is 140 Å². The Morgan fingerprint density at radius 3 is 2.67 bits per heavy atom. The summed E-state index contributed by atoms with van der Waals surface area (Å²) in [7, 11) is 2.89. The molecular formula is C12H12BrCl2NO4S. The number of nitrogens with zero attached hydrogens (tertiary/aromatic N) is 1. The van der Waals surface area contributed by atoms with Crippen LogP contribution in [0.1, 0.15) is 16.8 Å². The molecule has 1 saturated heterocycles. The molecule has 21 heavy (non-hydrogen) atoms. The molecule has 1 amide bonds. The second kappa shape index (κ2) is 6.42. The van der Waals surface area contributed by atoms with Crippen LogP contribution in [0.15, 0.2) is 21.5 Å². The highest BCUT2D eigenvalue weighted by Gasteiger charge is 2.30. The van der Waals surface area contributed by atoms with Crippen molar-refractivity contribution in [3.05, 3.63) is 27.2 Å². The van der Waals surface area contributed by atoms with Crippen molar-refractivity contribution in [2.45, 2.75) is 17.4 Å². The van der Waals surface area contributed by atoms with Crippen LogP contribution in [-0.4, -0.2) is 45.5 Å². The number of hydrogen-bond donors (Lipinski definition) is 0. The Bertz CT molecular complexity index is 680. The van der Waals surface area contributed by atoms with Crippen LogP contribution in [0.25, 0.3) is 0 Å². The van der Waals surface area contributed by atoms with Gasteiger partial charge in [0.25, 0.3) is 15.0 Å². The molecule has 2 rings (SSSR count). The molecule has 1 aromatic carbocycles. The zero-order chi connectivity index (χ0) is 15.8. The number of carbonyl (C=O) groups is 1. The summed E-state index contributed by atoms with van der Waals surface area (Å²) in [5.41, 5.74) is 0.0991. The maximum atomic E-state index is 12.5. The minimum absolute atomic E-state index is 0.0175. The van der Waals surface area contributed by atoms with Gasteiger partial charge in [-0.25, -0.2) is 8.42 Å². The van der Waals surface area contributed by atoms with Gasteiger partial charge in [0.1, 0.15) is 4.90 Å². The van der Waals surface area contributed by atoms with E-state index in [1.54, 1.807) is 12.0 Å². The number of ether oxygens (including phenoxy) is 1. The lowest BCUT2D eigenvalue weighted by molar-refractivity contribution is 0.0724. The van der Waals surface area contributed by atoms with Gasteiger partial charge in [-0.2, -0.15) is 0 Å². The molecule has 116 valence electrons. The van der Waals surface area contributed by atoms with Crippen molar-refractivity contribution in [2.75, 3.05) is 20.2 Å². The molecule has 9 heteroatoms. The van der Waals surface area contributed by atoms with Crippen molar-refractivity contribution >= 4 is 53.2 Å². The molecule has 1 aromatic rings. The van der Waals surface area contributed by atoms with Gasteiger partial charge in [0, 0.05) is 35.4 Å². The quantitative estimate of drug-likeness (QED) is 0.710. The van der Waals surface area contributed by atoms with Crippen LogP contribution in [0.2, 0.25) is 5.02 Å². The Kier molecular flexibility index (Phi) is 5.20. The molecule has 1 aliphatic rings. The summed E-state index contributed by atoms with van der Waals surface area (Å²) in [5, 5.41) is -0.168. The molecule has 0 saturated carbocycles. The molecule has 5 nitrogen and oxygen atoms in total. The number of likely N-dealkylation sites (tertiary alicyclic amines) is 1. The molecule has 1 heterocycles. The summed E-state index contributed by atoms with van der Waals surface area (Å²) >= 11 is 9.21. The number of benzene rings is 1. The molecular weight excluding hydrogens is 405 g/mol. The SMILES string of the molecule is COC1CCN(C(=O)c2cc(Br)cc(S(=O)(=O)Cl)c2Cl)C1. The van der Waals surface area contributed by atoms with Crippen LogP contribution in [0, 0.1) is 0 Å². The van der Waals surface area contributed by atoms with Gasteiger partial charge in [0.15, 0.2) is 0 Å². The van der Waals surface area contributed by atoms with E-state index in [0.29, 0.717) is 17.6 Å². The van der Waals surface area contributed by atoms with Crippen molar-refractivity contribution in [2.24, 2.45) is 0 Å². The first kappa shape index (κ1) is 17.0. The van der Waals surface area contributed by atoms with Gasteiger partial charge >= 0.3 is 0 Å². The summed E-state index contributed by atoms with van der Waals surface area (Å²) in [5.74, 6) is -0.345. The smallest absolute Gasteiger partial charge is 0.262 e. The molecule has 0 radical (unpaired) electrons. The van der Waals surface area contributed by atoms with Gasteiger partial charge in [0.05, 0.1) is 16.7 Å². The first-order valence-corrected chi connectivity index (χ1v) is 9.48. The zero-order valence-corrected chi connectivity index (χ0v) is 14.9. The van der Waals surface area contributed by atoms with E-state index in [0.717, 1.165) is 6.42 Å². The minimum Gasteiger partial charge on any atom is -0.380 e. The van der Waals surface area contributed by atoms with Gasteiger partial charge in [-0.3, -0.25) is 4.79 Å². The van der Waals surface area contributed by atoms with E-state index < -0.39 is 9.05 Å². The van der Waals surface area contributed by atoms with E-state index in [2.05, 4.69) is 15.9 Å². The van der Waals surface area contributed by atoms with Gasteiger partial charge < -0.3 is 9.64 Å². The standard InChI is InChI=1S/C12H12BrCl2NO4S/c1-20-8-2-3-16(6-8)12(17)9-4-7(13)5-10(11(9)14)21(15,18)19/h4-5,8H,2-3,6H2,1H3. The predicted molar refractivity (Wildman–Crippen MR) is 83.5 cm³/mol. The Morgan fingerprint density at radius 1 is 1.48 bits per heavy atom. The van der Waals surface area contributed by atoms with Gasteiger partial charge in [-0.15, -0.1) is 0 Å². The highest BCUT2D eigenvalue weighted by atomic mass is 79.9.